The second-order valence-corrected chi connectivity index (χ2v) is 2.44. The van der Waals surface area contributed by atoms with Crippen LogP contribution >= 0.6 is 16.5 Å². The van der Waals surface area contributed by atoms with E-state index in [2.05, 4.69) is 4.31 Å². The Hall–Kier alpha value is 1.04. The van der Waals surface area contributed by atoms with Crippen LogP contribution in [0.3, 0.4) is 0 Å². The van der Waals surface area contributed by atoms with Gasteiger partial charge in [-0.1, -0.05) is 0 Å². The average molecular weight is 212 g/mol. The fourth-order valence-corrected chi connectivity index (χ4v) is 0.513. The van der Waals surface area contributed by atoms with Crippen LogP contribution in [0.25, 0.3) is 0 Å². The molecule has 0 saturated heterocycles. The summed E-state index contributed by atoms with van der Waals surface area (Å²) in [5, 5.41) is 7.57. The van der Waals surface area contributed by atoms with Gasteiger partial charge in [0.15, 0.2) is 0 Å². The number of aliphatic hydroxyl groups is 1. The molecule has 9 heteroatoms. The van der Waals surface area contributed by atoms with Crippen molar-refractivity contribution in [3.63, 3.8) is 0 Å². The van der Waals surface area contributed by atoms with Gasteiger partial charge in [-0.25, -0.2) is 0 Å². The topological polar surface area (TPSA) is 107 Å². The molecule has 0 aliphatic carbocycles. The average Bonchev–Trinajstić information content (AvgIpc) is 1.62. The maximum absolute atomic E-state index is 9.35. The standard InChI is InChI=1S/C2H6O.Na.O5P2/c1-2-3;;1-6(2)5-7(3)4/h3H,2H2,1H3;;/q;+1;/p+1. The van der Waals surface area contributed by atoms with Crippen LogP contribution in [0.2, 0.25) is 0 Å². The summed E-state index contributed by atoms with van der Waals surface area (Å²) in [6, 6.07) is 0. The number of hydrogen-bond donors (Lipinski definition) is 2. The molecule has 0 amide bonds. The maximum Gasteiger partial charge on any atom is 1.00 e. The molecule has 0 aromatic carbocycles. The molecular formula is C2H7NaO6P2+2. The Morgan fingerprint density at radius 3 is 1.82 bits per heavy atom. The first kappa shape index (κ1) is 18.0. The predicted molar refractivity (Wildman–Crippen MR) is 31.3 cm³/mol. The van der Waals surface area contributed by atoms with Crippen molar-refractivity contribution >= 4 is 16.5 Å². The maximum atomic E-state index is 9.35. The molecule has 0 rings (SSSR count). The fraction of sp³-hybridized carbons (Fsp3) is 1.00. The molecule has 0 aromatic rings. The summed E-state index contributed by atoms with van der Waals surface area (Å²) in [5.41, 5.74) is 0. The van der Waals surface area contributed by atoms with Gasteiger partial charge in [0.05, 0.1) is 0 Å². The Labute approximate surface area is 87.8 Å². The molecule has 0 radical (unpaired) electrons. The molecule has 2 atom stereocenters. The van der Waals surface area contributed by atoms with Gasteiger partial charge in [0.2, 0.25) is 0 Å². The van der Waals surface area contributed by atoms with Gasteiger partial charge < -0.3 is 10.00 Å². The first-order valence-corrected chi connectivity index (χ1v) is 4.36. The molecule has 2 unspecified atom stereocenters. The normalized spacial score (nSPS) is 10.2. The number of aliphatic hydroxyl groups excluding tert-OH is 1. The van der Waals surface area contributed by atoms with E-state index < -0.39 is 16.5 Å². The molecule has 0 saturated carbocycles. The minimum absolute atomic E-state index is 0. The van der Waals surface area contributed by atoms with E-state index in [-0.39, 0.29) is 36.2 Å². The molecule has 0 spiro atoms. The van der Waals surface area contributed by atoms with Crippen LogP contribution in [0.1, 0.15) is 6.92 Å². The van der Waals surface area contributed by atoms with Crippen molar-refractivity contribution in [1.29, 1.82) is 0 Å². The molecule has 2 N–H and O–H groups in total. The smallest absolute Gasteiger partial charge is 0.563 e. The van der Waals surface area contributed by atoms with Crippen LogP contribution < -0.4 is 34.5 Å². The third kappa shape index (κ3) is 35.5. The van der Waals surface area contributed by atoms with Crippen LogP contribution in [0, 0.1) is 0 Å². The Morgan fingerprint density at radius 2 is 1.82 bits per heavy atom. The summed E-state index contributed by atoms with van der Waals surface area (Å²) in [5.74, 6) is 0. The summed E-state index contributed by atoms with van der Waals surface area (Å²) in [4.78, 5) is 16.9. The second kappa shape index (κ2) is 13.6. The van der Waals surface area contributed by atoms with E-state index in [1.807, 2.05) is 0 Å². The molecule has 0 fully saturated rings. The molecular weight excluding hydrogens is 205 g/mol. The Kier molecular flexibility index (Phi) is 22.2. The van der Waals surface area contributed by atoms with E-state index in [9.17, 15) is 14.0 Å². The van der Waals surface area contributed by atoms with E-state index in [1.165, 1.54) is 0 Å². The van der Waals surface area contributed by atoms with Crippen molar-refractivity contribution in [2.24, 2.45) is 0 Å². The van der Waals surface area contributed by atoms with E-state index in [0.29, 0.717) is 0 Å². The Balaban J connectivity index is -0.000000140. The predicted octanol–water partition coefficient (Wildman–Crippen LogP) is -3.33. The molecule has 11 heavy (non-hydrogen) atoms. The van der Waals surface area contributed by atoms with Crippen LogP contribution in [0.5, 0.6) is 0 Å². The van der Waals surface area contributed by atoms with Crippen LogP contribution in [-0.4, -0.2) is 16.6 Å². The van der Waals surface area contributed by atoms with Crippen molar-refractivity contribution in [3.05, 3.63) is 0 Å². The summed E-state index contributed by atoms with van der Waals surface area (Å²) in [6.45, 7) is 1.93. The summed E-state index contributed by atoms with van der Waals surface area (Å²) < 4.78 is 21.9. The largest absolute Gasteiger partial charge is 1.00 e. The van der Waals surface area contributed by atoms with Crippen molar-refractivity contribution in [2.45, 2.75) is 6.92 Å². The van der Waals surface area contributed by atoms with Gasteiger partial charge in [0, 0.05) is 11.2 Å². The van der Waals surface area contributed by atoms with Crippen LogP contribution in [-0.2, 0) is 13.4 Å². The first-order valence-electron chi connectivity index (χ1n) is 2.14. The van der Waals surface area contributed by atoms with Gasteiger partial charge in [-0.05, 0) is 11.5 Å². The van der Waals surface area contributed by atoms with Crippen LogP contribution in [0.15, 0.2) is 0 Å². The third-order valence-electron chi connectivity index (χ3n) is 0.137. The SMILES string of the molecule is CCO.O=[P+]([O-])O[P+](=O)O.[Na+]. The molecule has 0 heterocycles. The molecule has 0 bridgehead atoms. The van der Waals surface area contributed by atoms with Crippen LogP contribution in [0.4, 0.5) is 0 Å². The van der Waals surface area contributed by atoms with E-state index >= 15 is 0 Å². The van der Waals surface area contributed by atoms with Gasteiger partial charge in [-0.3, -0.25) is 0 Å². The van der Waals surface area contributed by atoms with Gasteiger partial charge in [-0.15, -0.1) is 4.89 Å². The van der Waals surface area contributed by atoms with Gasteiger partial charge in [-0.2, -0.15) is 0 Å². The molecule has 6 nitrogen and oxygen atoms in total. The van der Waals surface area contributed by atoms with E-state index in [4.69, 9.17) is 10.00 Å². The monoisotopic (exact) mass is 212 g/mol. The summed E-state index contributed by atoms with van der Waals surface area (Å²) >= 11 is 0. The fourth-order valence-electron chi connectivity index (χ4n) is 0.0570. The number of rotatable bonds is 2. The zero-order valence-electron chi connectivity index (χ0n) is 6.13. The first-order chi connectivity index (χ1) is 4.54. The van der Waals surface area contributed by atoms with Gasteiger partial charge in [0.1, 0.15) is 4.31 Å². The quantitative estimate of drug-likeness (QED) is 0.366. The molecule has 0 aromatic heterocycles. The van der Waals surface area contributed by atoms with Crippen molar-refractivity contribution in [2.75, 3.05) is 6.61 Å². The second-order valence-electron chi connectivity index (χ2n) is 0.859. The Bertz CT molecular complexity index is 105. The minimum Gasteiger partial charge on any atom is -0.563 e. The van der Waals surface area contributed by atoms with Crippen molar-refractivity contribution in [1.82, 2.24) is 0 Å². The Morgan fingerprint density at radius 1 is 1.55 bits per heavy atom. The van der Waals surface area contributed by atoms with Gasteiger partial charge >= 0.3 is 46.1 Å². The molecule has 60 valence electrons. The summed E-state index contributed by atoms with van der Waals surface area (Å²) in [6.07, 6.45) is 0. The molecule has 0 aliphatic heterocycles. The number of hydrogen-bond acceptors (Lipinski definition) is 5. The van der Waals surface area contributed by atoms with Crippen molar-refractivity contribution < 1.29 is 57.9 Å². The minimum atomic E-state index is -3.17. The zero-order chi connectivity index (χ0) is 8.57. The third-order valence-corrected chi connectivity index (χ3v) is 1.23. The zero-order valence-corrected chi connectivity index (χ0v) is 9.92. The molecule has 0 aliphatic rings. The van der Waals surface area contributed by atoms with E-state index in [1.54, 1.807) is 6.92 Å². The summed E-state index contributed by atoms with van der Waals surface area (Å²) in [7, 11) is -6.16. The van der Waals surface area contributed by atoms with Gasteiger partial charge in [0.25, 0.3) is 0 Å². The van der Waals surface area contributed by atoms with E-state index in [0.717, 1.165) is 0 Å². The van der Waals surface area contributed by atoms with Crippen molar-refractivity contribution in [3.8, 4) is 0 Å².